The Kier molecular flexibility index (Phi) is 4.65. The third-order valence-electron chi connectivity index (χ3n) is 4.29. The SMILES string of the molecule is CC1CNCCC1C(=O)Oc1c(C#N)cnc2c(F)c(Cl)ccc12. The van der Waals surface area contributed by atoms with Crippen molar-refractivity contribution in [2.24, 2.45) is 11.8 Å². The second-order valence-corrected chi connectivity index (χ2v) is 6.28. The van der Waals surface area contributed by atoms with Gasteiger partial charge in [0.1, 0.15) is 17.1 Å². The van der Waals surface area contributed by atoms with Crippen molar-refractivity contribution in [2.45, 2.75) is 13.3 Å². The Balaban J connectivity index is 2.03. The van der Waals surface area contributed by atoms with Gasteiger partial charge in [0.2, 0.25) is 0 Å². The summed E-state index contributed by atoms with van der Waals surface area (Å²) >= 11 is 5.77. The number of nitriles is 1. The minimum Gasteiger partial charge on any atom is -0.424 e. The summed E-state index contributed by atoms with van der Waals surface area (Å²) in [6.45, 7) is 3.43. The van der Waals surface area contributed by atoms with E-state index in [1.807, 2.05) is 13.0 Å². The average Bonchev–Trinajstić information content (AvgIpc) is 2.58. The van der Waals surface area contributed by atoms with Crippen LogP contribution in [0, 0.1) is 29.0 Å². The summed E-state index contributed by atoms with van der Waals surface area (Å²) in [4.78, 5) is 16.5. The maximum atomic E-state index is 14.1. The number of hydrogen-bond acceptors (Lipinski definition) is 5. The molecule has 1 fully saturated rings. The van der Waals surface area contributed by atoms with E-state index in [-0.39, 0.29) is 39.1 Å². The highest BCUT2D eigenvalue weighted by atomic mass is 35.5. The normalized spacial score (nSPS) is 20.6. The summed E-state index contributed by atoms with van der Waals surface area (Å²) in [5, 5.41) is 12.7. The standard InChI is InChI=1S/C17H15ClFN3O2/c1-9-7-21-5-4-11(9)17(23)24-16-10(6-20)8-22-15-12(16)2-3-13(18)14(15)19/h2-3,8-9,11,21H,4-5,7H2,1H3. The predicted molar refractivity (Wildman–Crippen MR) is 87.2 cm³/mol. The van der Waals surface area contributed by atoms with Crippen molar-refractivity contribution >= 4 is 28.5 Å². The van der Waals surface area contributed by atoms with Crippen LogP contribution in [0.4, 0.5) is 4.39 Å². The van der Waals surface area contributed by atoms with E-state index in [1.165, 1.54) is 18.3 Å². The number of nitrogens with one attached hydrogen (secondary N) is 1. The minimum absolute atomic E-state index is 0.0253. The third kappa shape index (κ3) is 2.93. The molecule has 1 aromatic heterocycles. The van der Waals surface area contributed by atoms with Gasteiger partial charge in [0.05, 0.1) is 10.9 Å². The van der Waals surface area contributed by atoms with E-state index < -0.39 is 11.8 Å². The van der Waals surface area contributed by atoms with Gasteiger partial charge in [0.15, 0.2) is 11.6 Å². The molecule has 2 aromatic rings. The Hall–Kier alpha value is -2.23. The number of rotatable bonds is 2. The van der Waals surface area contributed by atoms with Gasteiger partial charge < -0.3 is 10.1 Å². The summed E-state index contributed by atoms with van der Waals surface area (Å²) in [5.41, 5.74) is 0.0572. The minimum atomic E-state index is -0.703. The van der Waals surface area contributed by atoms with Gasteiger partial charge in [-0.2, -0.15) is 5.26 Å². The second-order valence-electron chi connectivity index (χ2n) is 5.87. The fourth-order valence-corrected chi connectivity index (χ4v) is 3.06. The molecule has 7 heteroatoms. The Morgan fingerprint density at radius 1 is 1.54 bits per heavy atom. The zero-order valence-corrected chi connectivity index (χ0v) is 13.7. The van der Waals surface area contributed by atoms with Crippen molar-refractivity contribution in [3.05, 3.63) is 34.7 Å². The first-order valence-corrected chi connectivity index (χ1v) is 8.00. The quantitative estimate of drug-likeness (QED) is 0.845. The molecule has 1 aliphatic rings. The Bertz CT molecular complexity index is 850. The summed E-state index contributed by atoms with van der Waals surface area (Å²) in [6.07, 6.45) is 1.85. The molecule has 0 saturated carbocycles. The van der Waals surface area contributed by atoms with Crippen molar-refractivity contribution in [1.82, 2.24) is 10.3 Å². The van der Waals surface area contributed by atoms with Gasteiger partial charge in [0, 0.05) is 11.6 Å². The van der Waals surface area contributed by atoms with Gasteiger partial charge >= 0.3 is 5.97 Å². The molecule has 2 heterocycles. The number of fused-ring (bicyclic) bond motifs is 1. The highest BCUT2D eigenvalue weighted by molar-refractivity contribution is 6.31. The van der Waals surface area contributed by atoms with Crippen LogP contribution in [0.5, 0.6) is 5.75 Å². The molecule has 1 saturated heterocycles. The van der Waals surface area contributed by atoms with E-state index in [4.69, 9.17) is 16.3 Å². The van der Waals surface area contributed by atoms with Gasteiger partial charge in [0.25, 0.3) is 0 Å². The number of aromatic nitrogens is 1. The highest BCUT2D eigenvalue weighted by Gasteiger charge is 2.30. The molecule has 1 aromatic carbocycles. The topological polar surface area (TPSA) is 75.0 Å². The van der Waals surface area contributed by atoms with Crippen LogP contribution in [0.3, 0.4) is 0 Å². The number of piperidine rings is 1. The lowest BCUT2D eigenvalue weighted by molar-refractivity contribution is -0.141. The zero-order chi connectivity index (χ0) is 17.3. The highest BCUT2D eigenvalue weighted by Crippen LogP contribution is 2.33. The number of carbonyl (C=O) groups excluding carboxylic acids is 1. The number of pyridine rings is 1. The molecule has 0 spiro atoms. The molecule has 24 heavy (non-hydrogen) atoms. The molecule has 5 nitrogen and oxygen atoms in total. The molecular formula is C17H15ClFN3O2. The predicted octanol–water partition coefficient (Wildman–Crippen LogP) is 3.05. The Morgan fingerprint density at radius 3 is 3.04 bits per heavy atom. The lowest BCUT2D eigenvalue weighted by atomic mass is 9.88. The van der Waals surface area contributed by atoms with Crippen molar-refractivity contribution in [2.75, 3.05) is 13.1 Å². The van der Waals surface area contributed by atoms with Crippen LogP contribution in [-0.2, 0) is 4.79 Å². The van der Waals surface area contributed by atoms with Crippen LogP contribution in [0.25, 0.3) is 10.9 Å². The number of ether oxygens (including phenoxy) is 1. The largest absolute Gasteiger partial charge is 0.424 e. The number of carbonyl (C=O) groups is 1. The molecule has 0 radical (unpaired) electrons. The van der Waals surface area contributed by atoms with Crippen LogP contribution in [-0.4, -0.2) is 24.0 Å². The van der Waals surface area contributed by atoms with Gasteiger partial charge in [-0.25, -0.2) is 4.39 Å². The number of halogens is 2. The molecule has 2 atom stereocenters. The van der Waals surface area contributed by atoms with Gasteiger partial charge in [-0.15, -0.1) is 0 Å². The number of benzene rings is 1. The third-order valence-corrected chi connectivity index (χ3v) is 4.58. The van der Waals surface area contributed by atoms with E-state index in [9.17, 15) is 14.4 Å². The molecule has 0 aliphatic carbocycles. The van der Waals surface area contributed by atoms with Crippen LogP contribution in [0.1, 0.15) is 18.9 Å². The number of hydrogen-bond donors (Lipinski definition) is 1. The second kappa shape index (κ2) is 6.71. The van der Waals surface area contributed by atoms with Crippen molar-refractivity contribution in [1.29, 1.82) is 5.26 Å². The molecule has 1 aliphatic heterocycles. The molecular weight excluding hydrogens is 333 g/mol. The fourth-order valence-electron chi connectivity index (χ4n) is 2.91. The summed E-state index contributed by atoms with van der Waals surface area (Å²) in [5.74, 6) is -1.22. The molecule has 2 unspecified atom stereocenters. The molecule has 0 amide bonds. The van der Waals surface area contributed by atoms with Gasteiger partial charge in [-0.3, -0.25) is 9.78 Å². The van der Waals surface area contributed by atoms with Crippen molar-refractivity contribution in [3.63, 3.8) is 0 Å². The molecule has 124 valence electrons. The molecule has 3 rings (SSSR count). The average molecular weight is 348 g/mol. The van der Waals surface area contributed by atoms with Crippen LogP contribution in [0.2, 0.25) is 5.02 Å². The smallest absolute Gasteiger partial charge is 0.314 e. The van der Waals surface area contributed by atoms with E-state index in [0.717, 1.165) is 13.1 Å². The van der Waals surface area contributed by atoms with Crippen LogP contribution >= 0.6 is 11.6 Å². The number of nitrogens with zero attached hydrogens (tertiary/aromatic N) is 2. The van der Waals surface area contributed by atoms with E-state index >= 15 is 0 Å². The fraction of sp³-hybridized carbons (Fsp3) is 0.353. The van der Waals surface area contributed by atoms with Crippen LogP contribution in [0.15, 0.2) is 18.3 Å². The molecule has 1 N–H and O–H groups in total. The lowest BCUT2D eigenvalue weighted by Gasteiger charge is -2.27. The summed E-state index contributed by atoms with van der Waals surface area (Å²) in [6, 6.07) is 4.79. The first kappa shape index (κ1) is 16.6. The first-order valence-electron chi connectivity index (χ1n) is 7.62. The van der Waals surface area contributed by atoms with Gasteiger partial charge in [-0.05, 0) is 37.6 Å². The van der Waals surface area contributed by atoms with Gasteiger partial charge in [-0.1, -0.05) is 18.5 Å². The van der Waals surface area contributed by atoms with E-state index in [2.05, 4.69) is 10.3 Å². The summed E-state index contributed by atoms with van der Waals surface area (Å²) < 4.78 is 19.7. The Morgan fingerprint density at radius 2 is 2.33 bits per heavy atom. The van der Waals surface area contributed by atoms with Crippen molar-refractivity contribution in [3.8, 4) is 11.8 Å². The first-order chi connectivity index (χ1) is 11.5. The van der Waals surface area contributed by atoms with Crippen LogP contribution < -0.4 is 10.1 Å². The monoisotopic (exact) mass is 347 g/mol. The molecule has 0 bridgehead atoms. The maximum Gasteiger partial charge on any atom is 0.314 e. The zero-order valence-electron chi connectivity index (χ0n) is 13.0. The van der Waals surface area contributed by atoms with E-state index in [0.29, 0.717) is 6.42 Å². The lowest BCUT2D eigenvalue weighted by Crippen LogP contribution is -2.40. The summed E-state index contributed by atoms with van der Waals surface area (Å²) in [7, 11) is 0. The maximum absolute atomic E-state index is 14.1. The van der Waals surface area contributed by atoms with E-state index in [1.54, 1.807) is 0 Å². The van der Waals surface area contributed by atoms with Crippen molar-refractivity contribution < 1.29 is 13.9 Å². The number of esters is 1. The Labute approximate surface area is 143 Å².